The Morgan fingerprint density at radius 3 is 2.80 bits per heavy atom. The summed E-state index contributed by atoms with van der Waals surface area (Å²) >= 11 is 0. The van der Waals surface area contributed by atoms with E-state index < -0.39 is 6.04 Å². The van der Waals surface area contributed by atoms with Crippen molar-refractivity contribution in [3.63, 3.8) is 0 Å². The summed E-state index contributed by atoms with van der Waals surface area (Å²) < 4.78 is 13.1. The van der Waals surface area contributed by atoms with Crippen molar-refractivity contribution in [2.75, 3.05) is 6.54 Å². The fraction of sp³-hybridized carbons (Fsp3) is 0.364. The van der Waals surface area contributed by atoms with Crippen LogP contribution in [0.25, 0.3) is 0 Å². The van der Waals surface area contributed by atoms with Crippen molar-refractivity contribution in [3.05, 3.63) is 35.6 Å². The number of nitrogens with two attached hydrogens (primary N) is 1. The van der Waals surface area contributed by atoms with Crippen molar-refractivity contribution >= 4 is 5.91 Å². The largest absolute Gasteiger partial charge is 0.354 e. The first kappa shape index (κ1) is 11.7. The fourth-order valence-corrected chi connectivity index (χ4v) is 1.18. The maximum absolute atomic E-state index is 13.1. The lowest BCUT2D eigenvalue weighted by Crippen LogP contribution is -2.39. The highest BCUT2D eigenvalue weighted by Crippen LogP contribution is 2.05. The summed E-state index contributed by atoms with van der Waals surface area (Å²) in [6.45, 7) is 2.01. The molecule has 0 bridgehead atoms. The monoisotopic (exact) mass is 210 g/mol. The molecule has 0 saturated heterocycles. The van der Waals surface area contributed by atoms with Crippen molar-refractivity contribution in [3.8, 4) is 0 Å². The van der Waals surface area contributed by atoms with Crippen molar-refractivity contribution in [1.82, 2.24) is 5.32 Å². The second-order valence-corrected chi connectivity index (χ2v) is 3.42. The SMILES string of the molecule is C[C@H](N)C(=O)NCCc1ccccc1F. The molecular formula is C11H15FN2O. The zero-order valence-electron chi connectivity index (χ0n) is 8.66. The first-order valence-corrected chi connectivity index (χ1v) is 4.88. The molecule has 0 saturated carbocycles. The summed E-state index contributed by atoms with van der Waals surface area (Å²) in [7, 11) is 0. The number of hydrogen-bond acceptors (Lipinski definition) is 2. The van der Waals surface area contributed by atoms with Gasteiger partial charge in [0.05, 0.1) is 6.04 Å². The van der Waals surface area contributed by atoms with Gasteiger partial charge in [0.1, 0.15) is 5.82 Å². The summed E-state index contributed by atoms with van der Waals surface area (Å²) in [5, 5.41) is 2.63. The lowest BCUT2D eigenvalue weighted by molar-refractivity contribution is -0.121. The first-order valence-electron chi connectivity index (χ1n) is 4.88. The summed E-state index contributed by atoms with van der Waals surface area (Å²) in [6, 6.07) is 5.99. The molecule has 1 amide bonds. The van der Waals surface area contributed by atoms with Crippen molar-refractivity contribution < 1.29 is 9.18 Å². The number of rotatable bonds is 4. The molecule has 0 aliphatic carbocycles. The number of nitrogens with one attached hydrogen (secondary N) is 1. The topological polar surface area (TPSA) is 55.1 Å². The number of amides is 1. The lowest BCUT2D eigenvalue weighted by Gasteiger charge is -2.07. The minimum absolute atomic E-state index is 0.216. The Balaban J connectivity index is 2.38. The van der Waals surface area contributed by atoms with Crippen molar-refractivity contribution in [1.29, 1.82) is 0 Å². The Kier molecular flexibility index (Phi) is 4.24. The van der Waals surface area contributed by atoms with Gasteiger partial charge in [-0.2, -0.15) is 0 Å². The molecule has 0 fully saturated rings. The van der Waals surface area contributed by atoms with Crippen LogP contribution in [-0.2, 0) is 11.2 Å². The number of halogens is 1. The molecule has 3 nitrogen and oxygen atoms in total. The predicted molar refractivity (Wildman–Crippen MR) is 56.8 cm³/mol. The number of carbonyl (C=O) groups excluding carboxylic acids is 1. The highest BCUT2D eigenvalue weighted by atomic mass is 19.1. The van der Waals surface area contributed by atoms with Crippen LogP contribution in [-0.4, -0.2) is 18.5 Å². The molecule has 0 radical (unpaired) electrons. The van der Waals surface area contributed by atoms with Crippen LogP contribution in [0.15, 0.2) is 24.3 Å². The fourth-order valence-electron chi connectivity index (χ4n) is 1.18. The molecule has 3 N–H and O–H groups in total. The molecule has 0 aromatic heterocycles. The highest BCUT2D eigenvalue weighted by Gasteiger charge is 2.06. The van der Waals surface area contributed by atoms with Gasteiger partial charge in [-0.25, -0.2) is 4.39 Å². The summed E-state index contributed by atoms with van der Waals surface area (Å²) in [6.07, 6.45) is 0.477. The maximum atomic E-state index is 13.1. The van der Waals surface area contributed by atoms with E-state index >= 15 is 0 Å². The van der Waals surface area contributed by atoms with Gasteiger partial charge < -0.3 is 11.1 Å². The molecule has 1 aromatic carbocycles. The van der Waals surface area contributed by atoms with E-state index in [1.54, 1.807) is 25.1 Å². The van der Waals surface area contributed by atoms with Crippen molar-refractivity contribution in [2.24, 2.45) is 5.73 Å². The molecule has 0 aliphatic heterocycles. The zero-order valence-corrected chi connectivity index (χ0v) is 8.66. The Bertz CT molecular complexity index is 339. The molecule has 82 valence electrons. The van der Waals surface area contributed by atoms with Gasteiger partial charge in [-0.3, -0.25) is 4.79 Å². The standard InChI is InChI=1S/C11H15FN2O/c1-8(13)11(15)14-7-6-9-4-2-3-5-10(9)12/h2-5,8H,6-7,13H2,1H3,(H,14,15)/t8-/m0/s1. The zero-order chi connectivity index (χ0) is 11.3. The molecular weight excluding hydrogens is 195 g/mol. The van der Waals surface area contributed by atoms with Crippen LogP contribution >= 0.6 is 0 Å². The quantitative estimate of drug-likeness (QED) is 0.773. The molecule has 15 heavy (non-hydrogen) atoms. The lowest BCUT2D eigenvalue weighted by atomic mass is 10.1. The van der Waals surface area contributed by atoms with E-state index in [9.17, 15) is 9.18 Å². The Morgan fingerprint density at radius 1 is 1.53 bits per heavy atom. The Hall–Kier alpha value is -1.42. The maximum Gasteiger partial charge on any atom is 0.236 e. The van der Waals surface area contributed by atoms with E-state index in [2.05, 4.69) is 5.32 Å². The van der Waals surface area contributed by atoms with Gasteiger partial charge in [-0.1, -0.05) is 18.2 Å². The average Bonchev–Trinajstić information content (AvgIpc) is 2.20. The molecule has 1 aromatic rings. The van der Waals surface area contributed by atoms with Gasteiger partial charge in [-0.15, -0.1) is 0 Å². The van der Waals surface area contributed by atoms with Crippen LogP contribution in [0.3, 0.4) is 0 Å². The smallest absolute Gasteiger partial charge is 0.236 e. The molecule has 0 spiro atoms. The van der Waals surface area contributed by atoms with Crippen LogP contribution in [0.4, 0.5) is 4.39 Å². The summed E-state index contributed by atoms with van der Waals surface area (Å²) in [5.74, 6) is -0.459. The number of carbonyl (C=O) groups is 1. The third kappa shape index (κ3) is 3.67. The van der Waals surface area contributed by atoms with Crippen LogP contribution < -0.4 is 11.1 Å². The van der Waals surface area contributed by atoms with E-state index in [0.717, 1.165) is 0 Å². The second-order valence-electron chi connectivity index (χ2n) is 3.42. The van der Waals surface area contributed by atoms with Gasteiger partial charge in [0.2, 0.25) is 5.91 Å². The summed E-state index contributed by atoms with van der Waals surface area (Å²) in [5.41, 5.74) is 5.96. The highest BCUT2D eigenvalue weighted by molar-refractivity contribution is 5.80. The van der Waals surface area contributed by atoms with Crippen LogP contribution in [0.5, 0.6) is 0 Å². The minimum Gasteiger partial charge on any atom is -0.354 e. The van der Waals surface area contributed by atoms with Gasteiger partial charge in [-0.05, 0) is 25.0 Å². The number of hydrogen-bond donors (Lipinski definition) is 2. The van der Waals surface area contributed by atoms with E-state index in [1.807, 2.05) is 0 Å². The predicted octanol–water partition coefficient (Wildman–Crippen LogP) is 0.832. The Morgan fingerprint density at radius 2 is 2.20 bits per heavy atom. The van der Waals surface area contributed by atoms with Crippen LogP contribution in [0.1, 0.15) is 12.5 Å². The normalized spacial score (nSPS) is 12.2. The molecule has 1 atom stereocenters. The third-order valence-corrected chi connectivity index (χ3v) is 2.06. The number of benzene rings is 1. The molecule has 1 rings (SSSR count). The van der Waals surface area contributed by atoms with E-state index in [0.29, 0.717) is 18.5 Å². The van der Waals surface area contributed by atoms with E-state index in [1.165, 1.54) is 6.07 Å². The molecule has 0 aliphatic rings. The van der Waals surface area contributed by atoms with Crippen LogP contribution in [0, 0.1) is 5.82 Å². The van der Waals surface area contributed by atoms with Gasteiger partial charge in [0.15, 0.2) is 0 Å². The molecule has 0 heterocycles. The third-order valence-electron chi connectivity index (χ3n) is 2.06. The first-order chi connectivity index (χ1) is 7.11. The Labute approximate surface area is 88.5 Å². The average molecular weight is 210 g/mol. The molecule has 0 unspecified atom stereocenters. The van der Waals surface area contributed by atoms with Gasteiger partial charge in [0, 0.05) is 6.54 Å². The minimum atomic E-state index is -0.523. The summed E-state index contributed by atoms with van der Waals surface area (Å²) in [4.78, 5) is 11.1. The molecule has 4 heteroatoms. The van der Waals surface area contributed by atoms with Crippen molar-refractivity contribution in [2.45, 2.75) is 19.4 Å². The van der Waals surface area contributed by atoms with Crippen LogP contribution in [0.2, 0.25) is 0 Å². The van der Waals surface area contributed by atoms with E-state index in [-0.39, 0.29) is 11.7 Å². The van der Waals surface area contributed by atoms with Gasteiger partial charge in [0.25, 0.3) is 0 Å². The van der Waals surface area contributed by atoms with E-state index in [4.69, 9.17) is 5.73 Å². The second kappa shape index (κ2) is 5.46. The van der Waals surface area contributed by atoms with Gasteiger partial charge >= 0.3 is 0 Å².